The van der Waals surface area contributed by atoms with Crippen LogP contribution in [0.3, 0.4) is 0 Å². The van der Waals surface area contributed by atoms with Gasteiger partial charge in [0.2, 0.25) is 0 Å². The fraction of sp³-hybridized carbons (Fsp3) is 0.235. The topological polar surface area (TPSA) is 29.9 Å². The molecule has 0 amide bonds. The molecule has 3 aromatic rings. The molecule has 0 atom stereocenters. The van der Waals surface area contributed by atoms with Crippen molar-refractivity contribution in [1.29, 1.82) is 0 Å². The van der Waals surface area contributed by atoms with Gasteiger partial charge in [-0.15, -0.1) is 0 Å². The first kappa shape index (κ1) is 14.1. The van der Waals surface area contributed by atoms with Crippen LogP contribution in [0.4, 0.5) is 5.69 Å². The summed E-state index contributed by atoms with van der Waals surface area (Å²) in [6.45, 7) is 4.99. The Bertz CT molecular complexity index is 762. The molecule has 0 fully saturated rings. The van der Waals surface area contributed by atoms with Crippen LogP contribution in [0.5, 0.6) is 0 Å². The molecule has 0 spiro atoms. The molecule has 0 radical (unpaired) electrons. The number of anilines is 1. The first-order valence-electron chi connectivity index (χ1n) is 7.10. The van der Waals surface area contributed by atoms with E-state index in [-0.39, 0.29) is 0 Å². The van der Waals surface area contributed by atoms with Crippen LogP contribution in [0.2, 0.25) is 0 Å². The Kier molecular flexibility index (Phi) is 3.97. The van der Waals surface area contributed by atoms with Crippen LogP contribution in [0.25, 0.3) is 10.8 Å². The number of aromatic nitrogens is 2. The van der Waals surface area contributed by atoms with Gasteiger partial charge in [-0.05, 0) is 37.4 Å². The summed E-state index contributed by atoms with van der Waals surface area (Å²) < 4.78 is 3.10. The number of halogens is 1. The Hall–Kier alpha value is -1.81. The second-order valence-electron chi connectivity index (χ2n) is 5.37. The summed E-state index contributed by atoms with van der Waals surface area (Å²) in [5.74, 6) is 0. The van der Waals surface area contributed by atoms with Crippen molar-refractivity contribution in [2.45, 2.75) is 26.4 Å². The quantitative estimate of drug-likeness (QED) is 0.722. The largest absolute Gasteiger partial charge is 0.379 e. The molecule has 21 heavy (non-hydrogen) atoms. The second-order valence-corrected chi connectivity index (χ2v) is 6.23. The van der Waals surface area contributed by atoms with E-state index in [2.05, 4.69) is 82.7 Å². The summed E-state index contributed by atoms with van der Waals surface area (Å²) >= 11 is 3.60. The van der Waals surface area contributed by atoms with Gasteiger partial charge in [0, 0.05) is 27.8 Å². The van der Waals surface area contributed by atoms with E-state index in [4.69, 9.17) is 0 Å². The monoisotopic (exact) mass is 343 g/mol. The van der Waals surface area contributed by atoms with Gasteiger partial charge in [-0.25, -0.2) is 0 Å². The summed E-state index contributed by atoms with van der Waals surface area (Å²) in [7, 11) is 0. The van der Waals surface area contributed by atoms with E-state index >= 15 is 0 Å². The van der Waals surface area contributed by atoms with Gasteiger partial charge in [-0.2, -0.15) is 5.10 Å². The second kappa shape index (κ2) is 5.90. The lowest BCUT2D eigenvalue weighted by molar-refractivity contribution is 0.527. The van der Waals surface area contributed by atoms with E-state index in [1.54, 1.807) is 0 Å². The van der Waals surface area contributed by atoms with E-state index in [0.717, 1.165) is 22.4 Å². The van der Waals surface area contributed by atoms with Crippen LogP contribution in [0.1, 0.15) is 25.6 Å². The Morgan fingerprint density at radius 2 is 1.86 bits per heavy atom. The van der Waals surface area contributed by atoms with Crippen LogP contribution >= 0.6 is 15.9 Å². The zero-order valence-corrected chi connectivity index (χ0v) is 13.8. The minimum Gasteiger partial charge on any atom is -0.379 e. The maximum Gasteiger partial charge on any atom is 0.0815 e. The Labute approximate surface area is 133 Å². The van der Waals surface area contributed by atoms with Crippen molar-refractivity contribution in [2.75, 3.05) is 5.32 Å². The summed E-state index contributed by atoms with van der Waals surface area (Å²) in [5, 5.41) is 10.5. The maximum atomic E-state index is 4.57. The van der Waals surface area contributed by atoms with Crippen molar-refractivity contribution in [3.63, 3.8) is 0 Å². The number of nitrogens with one attached hydrogen (secondary N) is 1. The highest BCUT2D eigenvalue weighted by Gasteiger charge is 2.05. The minimum atomic E-state index is 0.396. The standard InChI is InChI=1S/C17H18BrN3/c1-12(2)21-10-9-13(20-21)11-19-17-8-7-16(18)14-5-3-4-6-15(14)17/h3-10,12,19H,11H2,1-2H3. The third-order valence-electron chi connectivity index (χ3n) is 3.52. The van der Waals surface area contributed by atoms with Gasteiger partial charge in [-0.1, -0.05) is 40.2 Å². The number of fused-ring (bicyclic) bond motifs is 1. The van der Waals surface area contributed by atoms with Gasteiger partial charge in [-0.3, -0.25) is 4.68 Å². The van der Waals surface area contributed by atoms with Crippen molar-refractivity contribution in [3.8, 4) is 0 Å². The van der Waals surface area contributed by atoms with E-state index in [9.17, 15) is 0 Å². The number of benzene rings is 2. The van der Waals surface area contributed by atoms with Crippen LogP contribution in [-0.2, 0) is 6.54 Å². The van der Waals surface area contributed by atoms with Gasteiger partial charge in [0.1, 0.15) is 0 Å². The lowest BCUT2D eigenvalue weighted by Gasteiger charge is -2.10. The Balaban J connectivity index is 1.83. The van der Waals surface area contributed by atoms with Crippen LogP contribution in [0, 0.1) is 0 Å². The van der Waals surface area contributed by atoms with E-state index in [1.165, 1.54) is 10.8 Å². The van der Waals surface area contributed by atoms with Gasteiger partial charge < -0.3 is 5.32 Å². The fourth-order valence-electron chi connectivity index (χ4n) is 2.36. The summed E-state index contributed by atoms with van der Waals surface area (Å²) in [6, 6.07) is 15.0. The molecule has 0 saturated carbocycles. The molecule has 3 rings (SSSR count). The zero-order chi connectivity index (χ0) is 14.8. The molecule has 4 heteroatoms. The van der Waals surface area contributed by atoms with E-state index in [0.29, 0.717) is 6.04 Å². The first-order valence-corrected chi connectivity index (χ1v) is 7.89. The highest BCUT2D eigenvalue weighted by molar-refractivity contribution is 9.10. The molecule has 0 aliphatic heterocycles. The molecule has 3 nitrogen and oxygen atoms in total. The highest BCUT2D eigenvalue weighted by Crippen LogP contribution is 2.30. The predicted octanol–water partition coefficient (Wildman–Crippen LogP) is 4.99. The molecule has 1 heterocycles. The van der Waals surface area contributed by atoms with E-state index < -0.39 is 0 Å². The number of hydrogen-bond donors (Lipinski definition) is 1. The zero-order valence-electron chi connectivity index (χ0n) is 12.2. The van der Waals surface area contributed by atoms with Crippen molar-refractivity contribution < 1.29 is 0 Å². The molecule has 0 aliphatic rings. The van der Waals surface area contributed by atoms with Gasteiger partial charge >= 0.3 is 0 Å². The average Bonchev–Trinajstić information content (AvgIpc) is 2.96. The van der Waals surface area contributed by atoms with Crippen molar-refractivity contribution in [1.82, 2.24) is 9.78 Å². The number of nitrogens with zero attached hydrogens (tertiary/aromatic N) is 2. The maximum absolute atomic E-state index is 4.57. The lowest BCUT2D eigenvalue weighted by Crippen LogP contribution is -2.05. The Morgan fingerprint density at radius 3 is 2.57 bits per heavy atom. The molecule has 0 bridgehead atoms. The SMILES string of the molecule is CC(C)n1ccc(CNc2ccc(Br)c3ccccc23)n1. The normalized spacial score (nSPS) is 11.2. The molecular formula is C17H18BrN3. The molecule has 108 valence electrons. The van der Waals surface area contributed by atoms with Gasteiger partial charge in [0.15, 0.2) is 0 Å². The number of rotatable bonds is 4. The fourth-order valence-corrected chi connectivity index (χ4v) is 2.84. The molecule has 0 unspecified atom stereocenters. The van der Waals surface area contributed by atoms with Crippen LogP contribution < -0.4 is 5.32 Å². The third kappa shape index (κ3) is 2.95. The average molecular weight is 344 g/mol. The summed E-state index contributed by atoms with van der Waals surface area (Å²) in [4.78, 5) is 0. The van der Waals surface area contributed by atoms with E-state index in [1.807, 2.05) is 10.9 Å². The summed E-state index contributed by atoms with van der Waals surface area (Å²) in [5.41, 5.74) is 2.18. The van der Waals surface area contributed by atoms with Gasteiger partial charge in [0.25, 0.3) is 0 Å². The van der Waals surface area contributed by atoms with Gasteiger partial charge in [0.05, 0.1) is 12.2 Å². The third-order valence-corrected chi connectivity index (χ3v) is 4.21. The van der Waals surface area contributed by atoms with Crippen molar-refractivity contribution in [2.24, 2.45) is 0 Å². The predicted molar refractivity (Wildman–Crippen MR) is 91.6 cm³/mol. The van der Waals surface area contributed by atoms with Crippen LogP contribution in [0.15, 0.2) is 53.1 Å². The lowest BCUT2D eigenvalue weighted by atomic mass is 10.1. The number of hydrogen-bond acceptors (Lipinski definition) is 2. The van der Waals surface area contributed by atoms with Crippen LogP contribution in [-0.4, -0.2) is 9.78 Å². The molecule has 0 aliphatic carbocycles. The molecule has 2 aromatic carbocycles. The summed E-state index contributed by atoms with van der Waals surface area (Å²) in [6.07, 6.45) is 2.03. The minimum absolute atomic E-state index is 0.396. The van der Waals surface area contributed by atoms with Crippen molar-refractivity contribution in [3.05, 3.63) is 58.8 Å². The Morgan fingerprint density at radius 1 is 1.10 bits per heavy atom. The highest BCUT2D eigenvalue weighted by atomic mass is 79.9. The van der Waals surface area contributed by atoms with Crippen molar-refractivity contribution >= 4 is 32.4 Å². The molecular weight excluding hydrogens is 326 g/mol. The first-order chi connectivity index (χ1) is 10.1. The molecule has 0 saturated heterocycles. The smallest absolute Gasteiger partial charge is 0.0815 e. The molecule has 1 aromatic heterocycles. The molecule has 1 N–H and O–H groups in total.